The molecule has 0 radical (unpaired) electrons. The second-order valence-corrected chi connectivity index (χ2v) is 22.4. The van der Waals surface area contributed by atoms with Crippen molar-refractivity contribution in [2.75, 3.05) is 0 Å². The highest BCUT2D eigenvalue weighted by Crippen LogP contribution is 2.65. The Morgan fingerprint density at radius 2 is 0.933 bits per heavy atom. The summed E-state index contributed by atoms with van der Waals surface area (Å²) in [6, 6.07) is -5.13. The normalized spacial score (nSPS) is 41.2. The average Bonchev–Trinajstić information content (AvgIpc) is 2.57. The quantitative estimate of drug-likeness (QED) is 0.451. The molecule has 0 aromatic rings. The van der Waals surface area contributed by atoms with Gasteiger partial charge in [-0.1, -0.05) is 0 Å². The monoisotopic (exact) mass is 360 g/mol. The van der Waals surface area contributed by atoms with E-state index in [0.717, 1.165) is 19.3 Å². The molecule has 88 valence electrons. The van der Waals surface area contributed by atoms with Crippen molar-refractivity contribution in [2.45, 2.75) is 30.3 Å². The summed E-state index contributed by atoms with van der Waals surface area (Å²) in [6.45, 7) is 0. The summed E-state index contributed by atoms with van der Waals surface area (Å²) >= 11 is 36.5. The average molecular weight is 363 g/mol. The molecular weight excluding hydrogens is 353 g/mol. The molecule has 2 bridgehead atoms. The fraction of sp³-hybridized carbons (Fsp3) is 1.00. The van der Waals surface area contributed by atoms with Crippen LogP contribution in [0.3, 0.4) is 0 Å². The maximum Gasteiger partial charge on any atom is 0.344 e. The summed E-state index contributed by atoms with van der Waals surface area (Å²) in [6.07, 6.45) is 3.01. The minimum atomic E-state index is -2.56. The number of hydrogen-bond acceptors (Lipinski definition) is 0. The van der Waals surface area contributed by atoms with Gasteiger partial charge < -0.3 is 0 Å². The third-order valence-electron chi connectivity index (χ3n) is 3.70. The van der Waals surface area contributed by atoms with Crippen molar-refractivity contribution in [3.05, 3.63) is 0 Å². The molecule has 0 spiro atoms. The molecule has 2 fully saturated rings. The molecule has 0 aromatic carbocycles. The summed E-state index contributed by atoms with van der Waals surface area (Å²) < 4.78 is 0. The van der Waals surface area contributed by atoms with Gasteiger partial charge in [0.2, 0.25) is 0 Å². The van der Waals surface area contributed by atoms with Crippen molar-refractivity contribution < 1.29 is 0 Å². The predicted octanol–water partition coefficient (Wildman–Crippen LogP) is 5.47. The van der Waals surface area contributed by atoms with Crippen molar-refractivity contribution in [1.29, 1.82) is 0 Å². The minimum absolute atomic E-state index is 0.282. The first kappa shape index (κ1) is 13.6. The van der Waals surface area contributed by atoms with Crippen LogP contribution in [-0.4, -0.2) is 12.0 Å². The Morgan fingerprint density at radius 3 is 1.13 bits per heavy atom. The highest BCUT2D eigenvalue weighted by atomic mass is 35.8. The summed E-state index contributed by atoms with van der Waals surface area (Å²) in [5.41, 5.74) is 0.565. The lowest BCUT2D eigenvalue weighted by Crippen LogP contribution is -2.31. The van der Waals surface area contributed by atoms with Crippen molar-refractivity contribution in [3.8, 4) is 0 Å². The van der Waals surface area contributed by atoms with E-state index in [2.05, 4.69) is 0 Å². The van der Waals surface area contributed by atoms with Crippen molar-refractivity contribution in [3.63, 3.8) is 0 Å². The predicted molar refractivity (Wildman–Crippen MR) is 75.0 cm³/mol. The molecule has 2 aliphatic rings. The highest BCUT2D eigenvalue weighted by Gasteiger charge is 2.58. The fourth-order valence-corrected chi connectivity index (χ4v) is 10.6. The SMILES string of the molecule is Cl[Si](Cl)(Cl)C1C[C@H]2C[C@@H]1CC2[Si](Cl)(Cl)Cl. The van der Waals surface area contributed by atoms with Crippen LogP contribution in [0.4, 0.5) is 0 Å². The molecule has 2 rings (SSSR count). The fourth-order valence-electron chi connectivity index (χ4n) is 3.08. The number of rotatable bonds is 2. The topological polar surface area (TPSA) is 0 Å². The Hall–Kier alpha value is 2.17. The highest BCUT2D eigenvalue weighted by molar-refractivity contribution is 7.66. The lowest BCUT2D eigenvalue weighted by Gasteiger charge is -2.32. The lowest BCUT2D eigenvalue weighted by molar-refractivity contribution is 0.473. The van der Waals surface area contributed by atoms with E-state index in [-0.39, 0.29) is 11.1 Å². The zero-order valence-corrected chi connectivity index (χ0v) is 14.2. The lowest BCUT2D eigenvalue weighted by atomic mass is 9.99. The van der Waals surface area contributed by atoms with E-state index < -0.39 is 12.0 Å². The van der Waals surface area contributed by atoms with Gasteiger partial charge in [0.15, 0.2) is 0 Å². The first-order valence-electron chi connectivity index (χ1n) is 4.83. The Kier molecular flexibility index (Phi) is 3.97. The van der Waals surface area contributed by atoms with Crippen LogP contribution in [0.2, 0.25) is 11.1 Å². The molecule has 0 aromatic heterocycles. The van der Waals surface area contributed by atoms with E-state index >= 15 is 0 Å². The van der Waals surface area contributed by atoms with Gasteiger partial charge in [-0.2, -0.15) is 0 Å². The largest absolute Gasteiger partial charge is 0.344 e. The summed E-state index contributed by atoms with van der Waals surface area (Å²) in [7, 11) is 0. The van der Waals surface area contributed by atoms with Crippen LogP contribution in [0.1, 0.15) is 19.3 Å². The Balaban J connectivity index is 2.07. The molecular formula is C7H10Cl6Si2. The molecule has 4 atom stereocenters. The van der Waals surface area contributed by atoms with Gasteiger partial charge in [-0.15, -0.1) is 66.5 Å². The molecule has 2 unspecified atom stereocenters. The summed E-state index contributed by atoms with van der Waals surface area (Å²) in [4.78, 5) is 0. The van der Waals surface area contributed by atoms with Gasteiger partial charge in [0, 0.05) is 0 Å². The van der Waals surface area contributed by atoms with E-state index in [1.165, 1.54) is 0 Å². The van der Waals surface area contributed by atoms with Gasteiger partial charge in [0.1, 0.15) is 0 Å². The maximum atomic E-state index is 6.08. The van der Waals surface area contributed by atoms with Crippen molar-refractivity contribution in [1.82, 2.24) is 0 Å². The Bertz CT molecular complexity index is 233. The second kappa shape index (κ2) is 4.38. The van der Waals surface area contributed by atoms with E-state index in [1.807, 2.05) is 0 Å². The standard InChI is InChI=1S/C7H10Cl6Si2/c8-14(9,10)6-2-4-1-5(6)3-7(4)15(11,12)13/h4-7H,1-3H2/t4-,5-,6?,7?/m1/s1. The zero-order valence-electron chi connectivity index (χ0n) is 7.70. The van der Waals surface area contributed by atoms with Gasteiger partial charge in [0.05, 0.1) is 0 Å². The minimum Gasteiger partial charge on any atom is -0.126 e. The first-order chi connectivity index (χ1) is 6.69. The van der Waals surface area contributed by atoms with Crippen molar-refractivity contribution >= 4 is 78.5 Å². The van der Waals surface area contributed by atoms with E-state index in [4.69, 9.17) is 66.5 Å². The van der Waals surface area contributed by atoms with Crippen LogP contribution in [0.15, 0.2) is 0 Å². The third kappa shape index (κ3) is 2.78. The molecule has 0 N–H and O–H groups in total. The molecule has 8 heteroatoms. The number of halogens is 6. The van der Waals surface area contributed by atoms with Crippen LogP contribution >= 0.6 is 66.5 Å². The maximum absolute atomic E-state index is 6.08. The van der Waals surface area contributed by atoms with E-state index in [0.29, 0.717) is 11.8 Å². The van der Waals surface area contributed by atoms with Crippen LogP contribution in [-0.2, 0) is 0 Å². The van der Waals surface area contributed by atoms with Crippen LogP contribution in [0.25, 0.3) is 0 Å². The Labute approximate surface area is 120 Å². The first-order valence-corrected chi connectivity index (χ1v) is 15.1. The van der Waals surface area contributed by atoms with E-state index in [9.17, 15) is 0 Å². The van der Waals surface area contributed by atoms with Gasteiger partial charge in [-0.05, 0) is 42.2 Å². The molecule has 15 heavy (non-hydrogen) atoms. The van der Waals surface area contributed by atoms with Crippen LogP contribution in [0, 0.1) is 11.8 Å². The van der Waals surface area contributed by atoms with Crippen LogP contribution < -0.4 is 0 Å². The molecule has 0 amide bonds. The van der Waals surface area contributed by atoms with Gasteiger partial charge in [-0.25, -0.2) is 0 Å². The molecule has 0 heterocycles. The molecule has 0 aliphatic heterocycles. The molecule has 0 nitrogen and oxygen atoms in total. The number of hydrogen-bond donors (Lipinski definition) is 0. The second-order valence-electron chi connectivity index (χ2n) is 4.52. The zero-order chi connectivity index (χ0) is 11.4. The van der Waals surface area contributed by atoms with Crippen molar-refractivity contribution in [2.24, 2.45) is 11.8 Å². The van der Waals surface area contributed by atoms with E-state index in [1.54, 1.807) is 0 Å². The Morgan fingerprint density at radius 1 is 0.600 bits per heavy atom. The molecule has 2 saturated carbocycles. The summed E-state index contributed by atoms with van der Waals surface area (Å²) in [5, 5.41) is 0. The molecule has 0 saturated heterocycles. The molecule has 2 aliphatic carbocycles. The van der Waals surface area contributed by atoms with Crippen LogP contribution in [0.5, 0.6) is 0 Å². The van der Waals surface area contributed by atoms with Gasteiger partial charge in [0.25, 0.3) is 0 Å². The third-order valence-corrected chi connectivity index (χ3v) is 11.8. The number of fused-ring (bicyclic) bond motifs is 2. The van der Waals surface area contributed by atoms with Gasteiger partial charge >= 0.3 is 12.0 Å². The smallest absolute Gasteiger partial charge is 0.126 e. The summed E-state index contributed by atoms with van der Waals surface area (Å²) in [5.74, 6) is 0.976. The van der Waals surface area contributed by atoms with Gasteiger partial charge in [-0.3, -0.25) is 0 Å².